The number of halogens is 1. The van der Waals surface area contributed by atoms with Gasteiger partial charge >= 0.3 is 0 Å². The Morgan fingerprint density at radius 3 is 2.32 bits per heavy atom. The average molecular weight is 777 g/mol. The number of nitrogens with zero attached hydrogens (tertiary/aromatic N) is 8. The highest BCUT2D eigenvalue weighted by atomic mass is 35.5. The number of piperidine rings is 3. The predicted octanol–water partition coefficient (Wildman–Crippen LogP) is 4.73. The van der Waals surface area contributed by atoms with Crippen molar-refractivity contribution in [2.75, 3.05) is 65.8 Å². The quantitative estimate of drug-likeness (QED) is 0.255. The molecule has 15 heteroatoms. The summed E-state index contributed by atoms with van der Waals surface area (Å²) >= 11 is 6.38. The second kappa shape index (κ2) is 14.4. The van der Waals surface area contributed by atoms with Gasteiger partial charge in [-0.2, -0.15) is 0 Å². The molecule has 2 aromatic carbocycles. The Balaban J connectivity index is 0.726. The molecule has 2 atom stereocenters. The van der Waals surface area contributed by atoms with Gasteiger partial charge in [-0.15, -0.1) is 0 Å². The molecule has 14 nitrogen and oxygen atoms in total. The molecule has 1 spiro atoms. The van der Waals surface area contributed by atoms with Crippen molar-refractivity contribution >= 4 is 63.9 Å². The number of rotatable bonds is 7. The van der Waals surface area contributed by atoms with Crippen molar-refractivity contribution in [3.05, 3.63) is 76.4 Å². The van der Waals surface area contributed by atoms with Crippen molar-refractivity contribution in [2.45, 2.75) is 76.0 Å². The maximum Gasteiger partial charge on any atom is 0.262 e. The first-order valence-corrected chi connectivity index (χ1v) is 20.1. The van der Waals surface area contributed by atoms with Crippen LogP contribution in [0.2, 0.25) is 5.02 Å². The summed E-state index contributed by atoms with van der Waals surface area (Å²) in [6.07, 6.45) is 9.62. The number of anilines is 4. The minimum absolute atomic E-state index is 0.0942. The number of carbonyl (C=O) groups excluding carboxylic acids is 4. The van der Waals surface area contributed by atoms with E-state index in [-0.39, 0.29) is 35.4 Å². The fourth-order valence-corrected chi connectivity index (χ4v) is 10.0. The molecule has 4 amide bonds. The van der Waals surface area contributed by atoms with Crippen molar-refractivity contribution in [3.8, 4) is 0 Å². The van der Waals surface area contributed by atoms with Crippen LogP contribution in [-0.4, -0.2) is 113 Å². The summed E-state index contributed by atoms with van der Waals surface area (Å²) < 4.78 is 0. The van der Waals surface area contributed by atoms with Gasteiger partial charge < -0.3 is 20.0 Å². The minimum atomic E-state index is -0.970. The molecular weight excluding hydrogens is 732 g/mol. The van der Waals surface area contributed by atoms with E-state index < -0.39 is 29.7 Å². The summed E-state index contributed by atoms with van der Waals surface area (Å²) in [5.41, 5.74) is 4.25. The number of hydrogen-bond acceptors (Lipinski definition) is 11. The van der Waals surface area contributed by atoms with Gasteiger partial charge in [0.15, 0.2) is 0 Å². The Hall–Kier alpha value is -5.26. The topological polar surface area (TPSA) is 139 Å². The van der Waals surface area contributed by atoms with Gasteiger partial charge in [-0.05, 0) is 81.2 Å². The summed E-state index contributed by atoms with van der Waals surface area (Å²) in [6.45, 7) is 16.1. The number of hydrogen-bond donors (Lipinski definition) is 2. The molecule has 6 aliphatic heterocycles. The highest BCUT2D eigenvalue weighted by Crippen LogP contribution is 2.46. The molecule has 0 aliphatic carbocycles. The summed E-state index contributed by atoms with van der Waals surface area (Å²) in [4.78, 5) is 74.1. The zero-order valence-electron chi connectivity index (χ0n) is 31.4. The highest BCUT2D eigenvalue weighted by Gasteiger charge is 2.46. The Labute approximate surface area is 331 Å². The van der Waals surface area contributed by atoms with Crippen LogP contribution >= 0.6 is 11.6 Å². The molecular formula is C41H45ClN10O4. The molecule has 6 aliphatic rings. The lowest BCUT2D eigenvalue weighted by molar-refractivity contribution is -0.136. The molecule has 7 heterocycles. The van der Waals surface area contributed by atoms with E-state index >= 15 is 0 Å². The van der Waals surface area contributed by atoms with E-state index in [0.717, 1.165) is 106 Å². The first-order valence-electron chi connectivity index (χ1n) is 19.7. The fourth-order valence-electron chi connectivity index (χ4n) is 9.80. The van der Waals surface area contributed by atoms with Gasteiger partial charge in [0, 0.05) is 80.7 Å². The van der Waals surface area contributed by atoms with Gasteiger partial charge in [0.05, 0.1) is 41.8 Å². The number of carbonyl (C=O) groups is 4. The smallest absolute Gasteiger partial charge is 0.262 e. The third-order valence-corrected chi connectivity index (χ3v) is 13.3. The van der Waals surface area contributed by atoms with Crippen LogP contribution in [0.15, 0.2) is 48.8 Å². The van der Waals surface area contributed by atoms with Crippen LogP contribution in [0.5, 0.6) is 0 Å². The molecule has 5 saturated heterocycles. The van der Waals surface area contributed by atoms with Crippen LogP contribution in [0.1, 0.15) is 72.6 Å². The van der Waals surface area contributed by atoms with E-state index in [9.17, 15) is 19.2 Å². The lowest BCUT2D eigenvalue weighted by Gasteiger charge is -2.47. The Kier molecular flexibility index (Phi) is 9.32. The SMILES string of the molecule is [C-]#[N+]c1ccc(N2CC3(CCN(c4ncc(N5CCC(N6CC(Nc7ccc8c(c7)C(=O)N(C7CCC(=O)NC7=O)C8=O)C6)CC5)cn4)CC3)C[C@@H]2C)cc1Cl. The first kappa shape index (κ1) is 36.4. The van der Waals surface area contributed by atoms with Crippen molar-refractivity contribution < 1.29 is 19.2 Å². The average Bonchev–Trinajstić information content (AvgIpc) is 3.64. The van der Waals surface area contributed by atoms with E-state index in [1.165, 1.54) is 0 Å². The summed E-state index contributed by atoms with van der Waals surface area (Å²) in [7, 11) is 0. The summed E-state index contributed by atoms with van der Waals surface area (Å²) in [5, 5.41) is 6.28. The lowest BCUT2D eigenvalue weighted by Crippen LogP contribution is -2.60. The van der Waals surface area contributed by atoms with Gasteiger partial charge in [0.25, 0.3) is 11.8 Å². The number of aromatic nitrogens is 2. The largest absolute Gasteiger partial charge is 0.380 e. The number of imide groups is 2. The van der Waals surface area contributed by atoms with Crippen molar-refractivity contribution in [3.63, 3.8) is 0 Å². The zero-order chi connectivity index (χ0) is 38.7. The fraction of sp³-hybridized carbons (Fsp3) is 0.488. The second-order valence-corrected chi connectivity index (χ2v) is 16.8. The molecule has 0 bridgehead atoms. The van der Waals surface area contributed by atoms with Crippen LogP contribution in [0.25, 0.3) is 4.85 Å². The molecule has 290 valence electrons. The molecule has 0 saturated carbocycles. The second-order valence-electron chi connectivity index (χ2n) is 16.4. The normalized spacial score (nSPS) is 24.4. The number of nitrogens with one attached hydrogen (secondary N) is 2. The monoisotopic (exact) mass is 776 g/mol. The minimum Gasteiger partial charge on any atom is -0.380 e. The van der Waals surface area contributed by atoms with Gasteiger partial charge in [-0.1, -0.05) is 17.7 Å². The highest BCUT2D eigenvalue weighted by molar-refractivity contribution is 6.33. The molecule has 9 rings (SSSR count). The van der Waals surface area contributed by atoms with E-state index in [1.54, 1.807) is 12.1 Å². The Morgan fingerprint density at radius 1 is 0.893 bits per heavy atom. The van der Waals surface area contributed by atoms with Gasteiger partial charge in [-0.3, -0.25) is 34.3 Å². The number of fused-ring (bicyclic) bond motifs is 1. The maximum atomic E-state index is 13.2. The van der Waals surface area contributed by atoms with Crippen LogP contribution in [-0.2, 0) is 9.59 Å². The zero-order valence-corrected chi connectivity index (χ0v) is 32.2. The third kappa shape index (κ3) is 6.60. The van der Waals surface area contributed by atoms with E-state index in [4.69, 9.17) is 28.1 Å². The van der Waals surface area contributed by atoms with Gasteiger partial charge in [-0.25, -0.2) is 14.8 Å². The Bertz CT molecular complexity index is 2120. The molecule has 2 N–H and O–H groups in total. The lowest BCUT2D eigenvalue weighted by atomic mass is 9.77. The molecule has 1 unspecified atom stereocenters. The summed E-state index contributed by atoms with van der Waals surface area (Å²) in [6, 6.07) is 11.1. The molecule has 0 radical (unpaired) electrons. The number of benzene rings is 2. The summed E-state index contributed by atoms with van der Waals surface area (Å²) in [5.74, 6) is -1.19. The molecule has 56 heavy (non-hydrogen) atoms. The van der Waals surface area contributed by atoms with Gasteiger partial charge in [0.2, 0.25) is 23.5 Å². The van der Waals surface area contributed by atoms with Gasteiger partial charge in [0.1, 0.15) is 6.04 Å². The van der Waals surface area contributed by atoms with Crippen LogP contribution in [0.4, 0.5) is 28.7 Å². The molecule has 3 aromatic rings. The predicted molar refractivity (Wildman–Crippen MR) is 212 cm³/mol. The van der Waals surface area contributed by atoms with E-state index in [1.807, 2.05) is 36.7 Å². The molecule has 1 aromatic heterocycles. The van der Waals surface area contributed by atoms with Crippen molar-refractivity contribution in [1.29, 1.82) is 0 Å². The standard InChI is InChI=1S/C41H45ClN10O4/c1-25-19-41(24-51(25)29-4-6-34(43-2)33(42)18-29)11-15-49(16-12-41)40-44-20-30(21-45-40)48-13-9-28(10-14-48)50-22-27(23-50)46-26-3-5-31-32(17-26)39(56)52(38(31)55)35-7-8-36(53)47-37(35)54/h3-6,17-18,20-21,25,27-28,35,46H,7-16,19,22-24H2,1H3,(H,47,53,54)/t25-,35?/m0/s1. The first-order chi connectivity index (χ1) is 27.1. The van der Waals surface area contributed by atoms with E-state index in [2.05, 4.69) is 42.0 Å². The van der Waals surface area contributed by atoms with Crippen molar-refractivity contribution in [2.24, 2.45) is 5.41 Å². The van der Waals surface area contributed by atoms with Crippen LogP contribution in [0.3, 0.4) is 0 Å². The Morgan fingerprint density at radius 2 is 1.62 bits per heavy atom. The van der Waals surface area contributed by atoms with E-state index in [0.29, 0.717) is 22.8 Å². The number of likely N-dealkylation sites (tertiary alicyclic amines) is 1. The third-order valence-electron chi connectivity index (χ3n) is 12.9. The number of amides is 4. The molecule has 5 fully saturated rings. The van der Waals surface area contributed by atoms with Crippen LogP contribution < -0.4 is 25.3 Å². The van der Waals surface area contributed by atoms with Crippen molar-refractivity contribution in [1.82, 2.24) is 25.1 Å². The van der Waals surface area contributed by atoms with Crippen LogP contribution in [0, 0.1) is 12.0 Å². The maximum absolute atomic E-state index is 13.2.